The molecule has 4 aromatic rings. The van der Waals surface area contributed by atoms with Gasteiger partial charge in [-0.3, -0.25) is 9.78 Å². The summed E-state index contributed by atoms with van der Waals surface area (Å²) in [5.74, 6) is 0.476. The van der Waals surface area contributed by atoms with Gasteiger partial charge in [0.2, 0.25) is 0 Å². The minimum absolute atomic E-state index is 0.0424. The Bertz CT molecular complexity index is 1750. The first-order valence-electron chi connectivity index (χ1n) is 14.9. The normalized spacial score (nSPS) is 17.9. The Morgan fingerprint density at radius 2 is 1.80 bits per heavy atom. The highest BCUT2D eigenvalue weighted by molar-refractivity contribution is 7.90. The molecule has 232 valence electrons. The van der Waals surface area contributed by atoms with Crippen LogP contribution in [0.3, 0.4) is 0 Å². The van der Waals surface area contributed by atoms with E-state index in [1.807, 2.05) is 36.4 Å². The highest BCUT2D eigenvalue weighted by atomic mass is 32.2. The summed E-state index contributed by atoms with van der Waals surface area (Å²) in [4.78, 5) is 30.2. The van der Waals surface area contributed by atoms with E-state index >= 15 is 0 Å². The number of unbranched alkanes of at least 4 members (excludes halogenated alkanes) is 1. The first-order chi connectivity index (χ1) is 21.0. The van der Waals surface area contributed by atoms with Gasteiger partial charge in [0.1, 0.15) is 5.82 Å². The minimum Gasteiger partial charge on any atom is -0.396 e. The molecule has 4 heterocycles. The fraction of sp³-hybridized carbons (Fsp3) is 0.394. The molecule has 1 saturated heterocycles. The van der Waals surface area contributed by atoms with Crippen LogP contribution < -0.4 is 10.2 Å². The predicted octanol–water partition coefficient (Wildman–Crippen LogP) is 4.65. The monoisotopic (exact) mass is 617 g/mol. The number of pyridine rings is 3. The van der Waals surface area contributed by atoms with Gasteiger partial charge in [-0.25, -0.2) is 18.4 Å². The number of ether oxygens (including phenoxy) is 1. The van der Waals surface area contributed by atoms with Crippen LogP contribution in [0.5, 0.6) is 0 Å². The first-order valence-corrected chi connectivity index (χ1v) is 16.8. The maximum atomic E-state index is 13.3. The average Bonchev–Trinajstić information content (AvgIpc) is 2.99. The molecule has 2 N–H and O–H groups in total. The van der Waals surface area contributed by atoms with Crippen molar-refractivity contribution >= 4 is 32.5 Å². The number of morpholine rings is 1. The number of carbonyl (C=O) groups excluding carboxylic acids is 1. The SMILES string of the molecule is Cc1ccc(C(=O)NC(CCCCO)c2cc3nc(-c4cccc(N5C[C@@H](C)O[C@@H](C)C5)n4)ccc3cn2)cc1S(C)(=O)=O. The molecule has 5 rings (SSSR count). The van der Waals surface area contributed by atoms with E-state index in [2.05, 4.69) is 29.0 Å². The van der Waals surface area contributed by atoms with Gasteiger partial charge in [0.05, 0.1) is 45.7 Å². The van der Waals surface area contributed by atoms with Crippen LogP contribution in [-0.2, 0) is 14.6 Å². The first kappa shape index (κ1) is 31.5. The number of hydrogen-bond donors (Lipinski definition) is 2. The number of rotatable bonds is 10. The van der Waals surface area contributed by atoms with E-state index in [-0.39, 0.29) is 29.3 Å². The number of amides is 1. The van der Waals surface area contributed by atoms with Crippen molar-refractivity contribution in [3.63, 3.8) is 0 Å². The van der Waals surface area contributed by atoms with Crippen LogP contribution in [0, 0.1) is 6.92 Å². The lowest BCUT2D eigenvalue weighted by atomic mass is 10.0. The number of aliphatic hydroxyl groups is 1. The molecule has 11 heteroatoms. The van der Waals surface area contributed by atoms with Crippen molar-refractivity contribution in [3.05, 3.63) is 77.6 Å². The van der Waals surface area contributed by atoms with Gasteiger partial charge in [0, 0.05) is 43.1 Å². The van der Waals surface area contributed by atoms with Crippen LogP contribution >= 0.6 is 0 Å². The molecule has 10 nitrogen and oxygen atoms in total. The number of anilines is 1. The summed E-state index contributed by atoms with van der Waals surface area (Å²) in [6.45, 7) is 7.41. The molecule has 1 fully saturated rings. The number of sulfone groups is 1. The summed E-state index contributed by atoms with van der Waals surface area (Å²) in [5.41, 5.74) is 3.64. The zero-order chi connectivity index (χ0) is 31.4. The lowest BCUT2D eigenvalue weighted by Gasteiger charge is -2.36. The number of nitrogens with zero attached hydrogens (tertiary/aromatic N) is 4. The van der Waals surface area contributed by atoms with Crippen LogP contribution in [0.25, 0.3) is 22.3 Å². The number of fused-ring (bicyclic) bond motifs is 1. The molecule has 0 aliphatic carbocycles. The van der Waals surface area contributed by atoms with Crippen LogP contribution in [0.1, 0.15) is 60.8 Å². The molecule has 1 aliphatic rings. The summed E-state index contributed by atoms with van der Waals surface area (Å²) in [6.07, 6.45) is 4.88. The highest BCUT2D eigenvalue weighted by Gasteiger charge is 2.24. The van der Waals surface area contributed by atoms with Crippen molar-refractivity contribution in [2.75, 3.05) is 30.9 Å². The number of benzene rings is 1. The minimum atomic E-state index is -3.50. The molecule has 0 spiro atoms. The molecule has 1 amide bonds. The molecule has 0 bridgehead atoms. The van der Waals surface area contributed by atoms with Crippen molar-refractivity contribution in [2.45, 2.75) is 63.2 Å². The largest absolute Gasteiger partial charge is 0.396 e. The smallest absolute Gasteiger partial charge is 0.251 e. The number of aliphatic hydroxyl groups excluding tert-OH is 1. The molecule has 3 aromatic heterocycles. The second-order valence-corrected chi connectivity index (χ2v) is 13.5. The zero-order valence-corrected chi connectivity index (χ0v) is 26.3. The van der Waals surface area contributed by atoms with Gasteiger partial charge in [-0.1, -0.05) is 12.1 Å². The standard InChI is InChI=1S/C33H39N5O5S/c1-21-11-12-24(16-31(21)44(4,41)42)33(40)37-27(8-5-6-15-39)30-17-29-25(18-34-30)13-14-28(35-29)26-9-7-10-32(36-26)38-19-22(2)43-23(3)20-38/h7,9-14,16-18,22-23,27,39H,5-6,8,15,19-20H2,1-4H3,(H,37,40)/t22-,23+,27?. The van der Waals surface area contributed by atoms with Crippen LogP contribution in [0.4, 0.5) is 5.82 Å². The molecule has 3 atom stereocenters. The van der Waals surface area contributed by atoms with E-state index < -0.39 is 21.8 Å². The van der Waals surface area contributed by atoms with Crippen molar-refractivity contribution in [3.8, 4) is 11.4 Å². The third-order valence-electron chi connectivity index (χ3n) is 7.75. The van der Waals surface area contributed by atoms with Gasteiger partial charge in [-0.2, -0.15) is 0 Å². The number of aryl methyl sites for hydroxylation is 1. The van der Waals surface area contributed by atoms with Crippen molar-refractivity contribution in [1.82, 2.24) is 20.3 Å². The summed E-state index contributed by atoms with van der Waals surface area (Å²) in [5, 5.41) is 13.2. The Hall–Kier alpha value is -3.93. The van der Waals surface area contributed by atoms with Gasteiger partial charge in [-0.05, 0) is 88.1 Å². The van der Waals surface area contributed by atoms with E-state index in [9.17, 15) is 18.3 Å². The van der Waals surface area contributed by atoms with Gasteiger partial charge < -0.3 is 20.1 Å². The molecule has 1 unspecified atom stereocenters. The molecule has 44 heavy (non-hydrogen) atoms. The molecular formula is C33H39N5O5S. The summed E-state index contributed by atoms with van der Waals surface area (Å²) in [7, 11) is -3.50. The maximum Gasteiger partial charge on any atom is 0.251 e. The van der Waals surface area contributed by atoms with Crippen LogP contribution in [-0.4, -0.2) is 72.5 Å². The lowest BCUT2D eigenvalue weighted by Crippen LogP contribution is -2.45. The third-order valence-corrected chi connectivity index (χ3v) is 8.99. The second kappa shape index (κ2) is 13.4. The predicted molar refractivity (Wildman–Crippen MR) is 170 cm³/mol. The summed E-state index contributed by atoms with van der Waals surface area (Å²) >= 11 is 0. The molecule has 1 aliphatic heterocycles. The maximum absolute atomic E-state index is 13.3. The Morgan fingerprint density at radius 3 is 2.52 bits per heavy atom. The Labute approximate surface area is 258 Å². The van der Waals surface area contributed by atoms with Crippen molar-refractivity contribution < 1.29 is 23.1 Å². The highest BCUT2D eigenvalue weighted by Crippen LogP contribution is 2.27. The Balaban J connectivity index is 1.43. The number of nitrogens with one attached hydrogen (secondary N) is 1. The quantitative estimate of drug-likeness (QED) is 0.244. The van der Waals surface area contributed by atoms with Crippen molar-refractivity contribution in [2.24, 2.45) is 0 Å². The number of carbonyl (C=O) groups is 1. The number of hydrogen-bond acceptors (Lipinski definition) is 9. The van der Waals surface area contributed by atoms with E-state index in [0.29, 0.717) is 36.0 Å². The third kappa shape index (κ3) is 7.40. The lowest BCUT2D eigenvalue weighted by molar-refractivity contribution is -0.00545. The van der Waals surface area contributed by atoms with E-state index in [4.69, 9.17) is 14.7 Å². The second-order valence-electron chi connectivity index (χ2n) is 11.5. The van der Waals surface area contributed by atoms with Crippen LogP contribution in [0.15, 0.2) is 65.7 Å². The summed E-state index contributed by atoms with van der Waals surface area (Å²) in [6, 6.07) is 15.9. The molecule has 0 saturated carbocycles. The van der Waals surface area contributed by atoms with Crippen LogP contribution in [0.2, 0.25) is 0 Å². The van der Waals surface area contributed by atoms with E-state index in [0.717, 1.165) is 41.9 Å². The number of aromatic nitrogens is 3. The van der Waals surface area contributed by atoms with Crippen molar-refractivity contribution in [1.29, 1.82) is 0 Å². The Morgan fingerprint density at radius 1 is 1.05 bits per heavy atom. The van der Waals surface area contributed by atoms with E-state index in [1.165, 1.54) is 6.07 Å². The van der Waals surface area contributed by atoms with Gasteiger partial charge in [0.15, 0.2) is 9.84 Å². The fourth-order valence-electron chi connectivity index (χ4n) is 5.61. The Kier molecular flexibility index (Phi) is 9.57. The van der Waals surface area contributed by atoms with Gasteiger partial charge >= 0.3 is 0 Å². The molecule has 0 radical (unpaired) electrons. The summed E-state index contributed by atoms with van der Waals surface area (Å²) < 4.78 is 30.4. The zero-order valence-electron chi connectivity index (χ0n) is 25.5. The van der Waals surface area contributed by atoms with E-state index in [1.54, 1.807) is 25.3 Å². The molecule has 1 aromatic carbocycles. The van der Waals surface area contributed by atoms with Gasteiger partial charge in [-0.15, -0.1) is 0 Å². The van der Waals surface area contributed by atoms with Gasteiger partial charge in [0.25, 0.3) is 5.91 Å². The molecular weight excluding hydrogens is 578 g/mol. The average molecular weight is 618 g/mol. The fourth-order valence-corrected chi connectivity index (χ4v) is 6.60. The topological polar surface area (TPSA) is 135 Å².